The summed E-state index contributed by atoms with van der Waals surface area (Å²) < 4.78 is 0. The Hall–Kier alpha value is -0.870. The van der Waals surface area contributed by atoms with Crippen LogP contribution in [0.3, 0.4) is 0 Å². The van der Waals surface area contributed by atoms with Gasteiger partial charge in [-0.3, -0.25) is 4.90 Å². The number of hydrogen-bond donors (Lipinski definition) is 1. The smallest absolute Gasteiger partial charge is 0.0566 e. The summed E-state index contributed by atoms with van der Waals surface area (Å²) in [7, 11) is 0. The topological polar surface area (TPSA) is 15.3 Å². The molecule has 1 saturated heterocycles. The molecule has 0 aliphatic carbocycles. The summed E-state index contributed by atoms with van der Waals surface area (Å²) in [6, 6.07) is 13.0. The third-order valence-electron chi connectivity index (χ3n) is 4.03. The Balaban J connectivity index is 1.58. The Labute approximate surface area is 135 Å². The van der Waals surface area contributed by atoms with E-state index in [0.29, 0.717) is 6.04 Å². The van der Waals surface area contributed by atoms with Crippen molar-refractivity contribution in [3.05, 3.63) is 57.2 Å². The van der Waals surface area contributed by atoms with Crippen LogP contribution in [0.4, 0.5) is 0 Å². The highest BCUT2D eigenvalue weighted by atomic mass is 35.5. The van der Waals surface area contributed by atoms with Gasteiger partial charge < -0.3 is 5.32 Å². The summed E-state index contributed by atoms with van der Waals surface area (Å²) in [5.74, 6) is 0. The third kappa shape index (κ3) is 4.07. The summed E-state index contributed by atoms with van der Waals surface area (Å²) in [6.07, 6.45) is 2.66. The zero-order valence-electron chi connectivity index (χ0n) is 12.1. The fourth-order valence-electron chi connectivity index (χ4n) is 2.90. The molecule has 4 heteroatoms. The molecule has 0 bridgehead atoms. The van der Waals surface area contributed by atoms with E-state index in [-0.39, 0.29) is 0 Å². The van der Waals surface area contributed by atoms with Crippen LogP contribution < -0.4 is 5.32 Å². The van der Waals surface area contributed by atoms with E-state index >= 15 is 0 Å². The first-order chi connectivity index (χ1) is 10.3. The van der Waals surface area contributed by atoms with Crippen LogP contribution >= 0.6 is 22.9 Å². The monoisotopic (exact) mass is 320 g/mol. The molecule has 0 spiro atoms. The SMILES string of the molecule is Clc1ccc(CNCC(c2cccs2)N2CCCC2)cc1. The van der Waals surface area contributed by atoms with Crippen molar-refractivity contribution in [3.8, 4) is 0 Å². The number of hydrogen-bond acceptors (Lipinski definition) is 3. The number of likely N-dealkylation sites (tertiary alicyclic amines) is 1. The van der Waals surface area contributed by atoms with Crippen LogP contribution in [0.15, 0.2) is 41.8 Å². The molecule has 0 saturated carbocycles. The van der Waals surface area contributed by atoms with Gasteiger partial charge in [0.15, 0.2) is 0 Å². The van der Waals surface area contributed by atoms with E-state index in [0.717, 1.165) is 18.1 Å². The highest BCUT2D eigenvalue weighted by Gasteiger charge is 2.23. The van der Waals surface area contributed by atoms with E-state index in [1.165, 1.54) is 36.4 Å². The normalized spacial score (nSPS) is 17.2. The Morgan fingerprint density at radius 1 is 1.14 bits per heavy atom. The van der Waals surface area contributed by atoms with Gasteiger partial charge >= 0.3 is 0 Å². The van der Waals surface area contributed by atoms with E-state index in [4.69, 9.17) is 11.6 Å². The molecule has 1 aliphatic rings. The van der Waals surface area contributed by atoms with E-state index in [2.05, 4.69) is 39.9 Å². The Bertz CT molecular complexity index is 532. The number of nitrogens with zero attached hydrogens (tertiary/aromatic N) is 1. The van der Waals surface area contributed by atoms with Crippen molar-refractivity contribution >= 4 is 22.9 Å². The molecule has 2 aromatic rings. The van der Waals surface area contributed by atoms with Crippen molar-refractivity contribution in [3.63, 3.8) is 0 Å². The molecule has 1 aromatic heterocycles. The van der Waals surface area contributed by atoms with Crippen LogP contribution in [0, 0.1) is 0 Å². The molecule has 21 heavy (non-hydrogen) atoms. The second-order valence-corrected chi connectivity index (χ2v) is 6.95. The Morgan fingerprint density at radius 2 is 1.90 bits per heavy atom. The van der Waals surface area contributed by atoms with Crippen molar-refractivity contribution < 1.29 is 0 Å². The van der Waals surface area contributed by atoms with Crippen LogP contribution in [0.5, 0.6) is 0 Å². The maximum Gasteiger partial charge on any atom is 0.0566 e. The predicted molar refractivity (Wildman–Crippen MR) is 91.0 cm³/mol. The Morgan fingerprint density at radius 3 is 2.57 bits per heavy atom. The second kappa shape index (κ2) is 7.41. The molecule has 1 N–H and O–H groups in total. The van der Waals surface area contributed by atoms with Gasteiger partial charge in [0.05, 0.1) is 6.04 Å². The summed E-state index contributed by atoms with van der Waals surface area (Å²) in [4.78, 5) is 4.08. The lowest BCUT2D eigenvalue weighted by Crippen LogP contribution is -2.33. The van der Waals surface area contributed by atoms with Gasteiger partial charge in [0.25, 0.3) is 0 Å². The second-order valence-electron chi connectivity index (χ2n) is 5.53. The molecule has 1 aliphatic heterocycles. The zero-order valence-corrected chi connectivity index (χ0v) is 13.7. The third-order valence-corrected chi connectivity index (χ3v) is 5.26. The first kappa shape index (κ1) is 15.0. The van der Waals surface area contributed by atoms with E-state index < -0.39 is 0 Å². The van der Waals surface area contributed by atoms with Gasteiger partial charge in [-0.2, -0.15) is 0 Å². The average Bonchev–Trinajstić information content (AvgIpc) is 3.19. The van der Waals surface area contributed by atoms with Gasteiger partial charge in [-0.25, -0.2) is 0 Å². The van der Waals surface area contributed by atoms with E-state index in [1.54, 1.807) is 0 Å². The van der Waals surface area contributed by atoms with Crippen molar-refractivity contribution in [1.82, 2.24) is 10.2 Å². The fourth-order valence-corrected chi connectivity index (χ4v) is 3.89. The van der Waals surface area contributed by atoms with Crippen molar-refractivity contribution in [2.75, 3.05) is 19.6 Å². The molecule has 1 fully saturated rings. The summed E-state index contributed by atoms with van der Waals surface area (Å²) >= 11 is 7.79. The van der Waals surface area contributed by atoms with Crippen LogP contribution in [-0.4, -0.2) is 24.5 Å². The van der Waals surface area contributed by atoms with Crippen LogP contribution in [0.1, 0.15) is 29.3 Å². The summed E-state index contributed by atoms with van der Waals surface area (Å²) in [5, 5.41) is 6.58. The summed E-state index contributed by atoms with van der Waals surface area (Å²) in [6.45, 7) is 4.35. The minimum Gasteiger partial charge on any atom is -0.311 e. The molecular formula is C17H21ClN2S. The molecule has 3 rings (SSSR count). The minimum absolute atomic E-state index is 0.514. The minimum atomic E-state index is 0.514. The number of halogens is 1. The molecule has 0 amide bonds. The molecule has 1 unspecified atom stereocenters. The molecule has 112 valence electrons. The van der Waals surface area contributed by atoms with Crippen molar-refractivity contribution in [2.45, 2.75) is 25.4 Å². The first-order valence-electron chi connectivity index (χ1n) is 7.55. The van der Waals surface area contributed by atoms with Crippen molar-refractivity contribution in [2.24, 2.45) is 0 Å². The fraction of sp³-hybridized carbons (Fsp3) is 0.412. The molecule has 2 nitrogen and oxygen atoms in total. The molecular weight excluding hydrogens is 300 g/mol. The maximum atomic E-state index is 5.92. The van der Waals surface area contributed by atoms with Crippen LogP contribution in [0.2, 0.25) is 5.02 Å². The van der Waals surface area contributed by atoms with Crippen molar-refractivity contribution in [1.29, 1.82) is 0 Å². The molecule has 2 heterocycles. The maximum absolute atomic E-state index is 5.92. The number of thiophene rings is 1. The molecule has 1 aromatic carbocycles. The average molecular weight is 321 g/mol. The van der Waals surface area contributed by atoms with E-state index in [9.17, 15) is 0 Å². The number of nitrogens with one attached hydrogen (secondary N) is 1. The van der Waals surface area contributed by atoms with Gasteiger partial charge in [0.2, 0.25) is 0 Å². The van der Waals surface area contributed by atoms with E-state index in [1.807, 2.05) is 23.5 Å². The van der Waals surface area contributed by atoms with Crippen LogP contribution in [0.25, 0.3) is 0 Å². The summed E-state index contributed by atoms with van der Waals surface area (Å²) in [5.41, 5.74) is 1.28. The lowest BCUT2D eigenvalue weighted by molar-refractivity contribution is 0.242. The van der Waals surface area contributed by atoms with Gasteiger partial charge in [-0.15, -0.1) is 11.3 Å². The Kier molecular flexibility index (Phi) is 5.31. The standard InChI is InChI=1S/C17H21ClN2S/c18-15-7-5-14(6-8-15)12-19-13-16(17-4-3-11-21-17)20-9-1-2-10-20/h3-8,11,16,19H,1-2,9-10,12-13H2. The van der Waals surface area contributed by atoms with Gasteiger partial charge in [0, 0.05) is 23.0 Å². The highest BCUT2D eigenvalue weighted by molar-refractivity contribution is 7.10. The molecule has 0 radical (unpaired) electrons. The lowest BCUT2D eigenvalue weighted by Gasteiger charge is -2.27. The zero-order chi connectivity index (χ0) is 14.5. The number of rotatable bonds is 6. The molecule has 1 atom stereocenters. The lowest BCUT2D eigenvalue weighted by atomic mass is 10.2. The number of benzene rings is 1. The largest absolute Gasteiger partial charge is 0.311 e. The first-order valence-corrected chi connectivity index (χ1v) is 8.81. The van der Waals surface area contributed by atoms with Gasteiger partial charge in [-0.05, 0) is 55.1 Å². The predicted octanol–water partition coefficient (Wildman–Crippen LogP) is 4.33. The van der Waals surface area contributed by atoms with Gasteiger partial charge in [-0.1, -0.05) is 29.8 Å². The highest BCUT2D eigenvalue weighted by Crippen LogP contribution is 2.27. The van der Waals surface area contributed by atoms with Crippen LogP contribution in [-0.2, 0) is 6.54 Å². The van der Waals surface area contributed by atoms with Gasteiger partial charge in [0.1, 0.15) is 0 Å². The quantitative estimate of drug-likeness (QED) is 0.852.